The van der Waals surface area contributed by atoms with Crippen LogP contribution < -0.4 is 4.74 Å². The molecule has 222 valence electrons. The van der Waals surface area contributed by atoms with E-state index >= 15 is 0 Å². The lowest BCUT2D eigenvalue weighted by atomic mass is 9.56. The lowest BCUT2D eigenvalue weighted by Gasteiger charge is -2.56. The lowest BCUT2D eigenvalue weighted by molar-refractivity contribution is -0.158. The van der Waals surface area contributed by atoms with Crippen molar-refractivity contribution < 1.29 is 23.9 Å². The van der Waals surface area contributed by atoms with Gasteiger partial charge in [-0.25, -0.2) is 0 Å². The largest absolute Gasteiger partial charge is 0.462 e. The molecular weight excluding hydrogens is 528 g/mol. The predicted molar refractivity (Wildman–Crippen MR) is 163 cm³/mol. The highest BCUT2D eigenvalue weighted by Crippen LogP contribution is 2.51. The Morgan fingerprint density at radius 1 is 0.976 bits per heavy atom. The fraction of sp³-hybridized carbons (Fsp3) is 0.457. The first-order valence-electron chi connectivity index (χ1n) is 15.0. The number of amides is 1. The Bertz CT molecular complexity index is 1470. The molecule has 1 aliphatic heterocycles. The molecule has 3 aromatic rings. The summed E-state index contributed by atoms with van der Waals surface area (Å²) in [6.07, 6.45) is 1.79. The number of benzene rings is 3. The number of carbonyl (C=O) groups is 3. The van der Waals surface area contributed by atoms with Crippen LogP contribution in [0.4, 0.5) is 0 Å². The Morgan fingerprint density at radius 2 is 1.74 bits per heavy atom. The van der Waals surface area contributed by atoms with E-state index in [2.05, 4.69) is 31.9 Å². The van der Waals surface area contributed by atoms with Crippen LogP contribution in [0, 0.1) is 11.8 Å². The quantitative estimate of drug-likeness (QED) is 0.262. The van der Waals surface area contributed by atoms with Gasteiger partial charge < -0.3 is 19.3 Å². The van der Waals surface area contributed by atoms with Crippen molar-refractivity contribution in [1.82, 2.24) is 9.80 Å². The standard InChI is InChI=1S/C35H42N2O5/c1-23(2)21-37(34(40)28-14-13-26-9-6-7-10-27(26)17-28)30-19-33(42-25(4)39)32-22-36(5)16-15-35(32,20-30)29-11-8-12-31(18-29)41-24(3)38/h6-14,17-18,23,30,32-33H,15-16,19-22H2,1-5H3/t30-,32-,33?,35-/m0/s1. The van der Waals surface area contributed by atoms with Crippen LogP contribution in [0.5, 0.6) is 5.75 Å². The Kier molecular flexibility index (Phi) is 8.69. The minimum atomic E-state index is -0.370. The van der Waals surface area contributed by atoms with Crippen LogP contribution in [-0.2, 0) is 19.7 Å². The lowest BCUT2D eigenvalue weighted by Crippen LogP contribution is -2.62. The summed E-state index contributed by atoms with van der Waals surface area (Å²) in [4.78, 5) is 42.9. The number of likely N-dealkylation sites (tertiary alicyclic amines) is 1. The zero-order chi connectivity index (χ0) is 30.0. The topological polar surface area (TPSA) is 76.2 Å². The molecule has 42 heavy (non-hydrogen) atoms. The summed E-state index contributed by atoms with van der Waals surface area (Å²) in [6.45, 7) is 9.36. The van der Waals surface area contributed by atoms with Crippen LogP contribution in [0.2, 0.25) is 0 Å². The van der Waals surface area contributed by atoms with Gasteiger partial charge in [-0.05, 0) is 73.0 Å². The molecule has 3 aromatic carbocycles. The molecule has 1 amide bonds. The summed E-state index contributed by atoms with van der Waals surface area (Å²) in [5, 5.41) is 2.13. The molecular formula is C35H42N2O5. The number of ether oxygens (including phenoxy) is 2. The third-order valence-electron chi connectivity index (χ3n) is 8.96. The number of hydrogen-bond donors (Lipinski definition) is 0. The van der Waals surface area contributed by atoms with Crippen LogP contribution in [-0.4, -0.2) is 66.5 Å². The number of fused-ring (bicyclic) bond motifs is 2. The molecule has 4 atom stereocenters. The SMILES string of the molecule is CC(=O)Oc1cccc([C@@]23CCN(C)C[C@H]2C(OC(C)=O)C[C@H](N(CC(C)C)C(=O)c2ccc4ccccc4c2)C3)c1. The molecule has 1 saturated heterocycles. The Morgan fingerprint density at radius 3 is 2.45 bits per heavy atom. The number of hydrogen-bond acceptors (Lipinski definition) is 6. The molecule has 0 N–H and O–H groups in total. The second-order valence-corrected chi connectivity index (χ2v) is 12.6. The van der Waals surface area contributed by atoms with E-state index in [0.717, 1.165) is 42.3 Å². The number of esters is 2. The number of carbonyl (C=O) groups excluding carboxylic acids is 3. The minimum Gasteiger partial charge on any atom is -0.462 e. The molecule has 2 aliphatic rings. The van der Waals surface area contributed by atoms with Gasteiger partial charge in [0, 0.05) is 56.3 Å². The molecule has 7 nitrogen and oxygen atoms in total. The Balaban J connectivity index is 1.59. The first-order chi connectivity index (χ1) is 20.1. The Hall–Kier alpha value is -3.71. The van der Waals surface area contributed by atoms with E-state index in [1.165, 1.54) is 13.8 Å². The van der Waals surface area contributed by atoms with Gasteiger partial charge in [0.05, 0.1) is 0 Å². The van der Waals surface area contributed by atoms with Crippen LogP contribution in [0.1, 0.15) is 62.9 Å². The van der Waals surface area contributed by atoms with Crippen molar-refractivity contribution in [3.8, 4) is 5.75 Å². The molecule has 5 rings (SSSR count). The summed E-state index contributed by atoms with van der Waals surface area (Å²) in [5.41, 5.74) is 1.35. The van der Waals surface area contributed by atoms with Crippen LogP contribution in [0.3, 0.4) is 0 Å². The van der Waals surface area contributed by atoms with E-state index in [9.17, 15) is 14.4 Å². The maximum atomic E-state index is 14.3. The molecule has 7 heteroatoms. The maximum absolute atomic E-state index is 14.3. The smallest absolute Gasteiger partial charge is 0.308 e. The third kappa shape index (κ3) is 6.21. The minimum absolute atomic E-state index is 0.00350. The fourth-order valence-electron chi connectivity index (χ4n) is 7.21. The highest BCUT2D eigenvalue weighted by Gasteiger charge is 2.54. The maximum Gasteiger partial charge on any atom is 0.308 e. The first-order valence-corrected chi connectivity index (χ1v) is 15.0. The molecule has 0 radical (unpaired) electrons. The molecule has 1 aliphatic carbocycles. The summed E-state index contributed by atoms with van der Waals surface area (Å²) in [6, 6.07) is 21.6. The van der Waals surface area contributed by atoms with Gasteiger partial charge in [-0.15, -0.1) is 0 Å². The van der Waals surface area contributed by atoms with Gasteiger partial charge in [0.25, 0.3) is 5.91 Å². The zero-order valence-corrected chi connectivity index (χ0v) is 25.3. The second-order valence-electron chi connectivity index (χ2n) is 12.6. The van der Waals surface area contributed by atoms with Crippen molar-refractivity contribution >= 4 is 28.6 Å². The van der Waals surface area contributed by atoms with Crippen LogP contribution >= 0.6 is 0 Å². The Labute approximate surface area is 248 Å². The van der Waals surface area contributed by atoms with Crippen LogP contribution in [0.25, 0.3) is 10.8 Å². The van der Waals surface area contributed by atoms with Gasteiger partial charge in [-0.3, -0.25) is 14.4 Å². The summed E-state index contributed by atoms with van der Waals surface area (Å²) >= 11 is 0. The summed E-state index contributed by atoms with van der Waals surface area (Å²) in [7, 11) is 2.10. The molecule has 1 unspecified atom stereocenters. The molecule has 0 bridgehead atoms. The average molecular weight is 571 g/mol. The van der Waals surface area contributed by atoms with E-state index in [1.54, 1.807) is 6.07 Å². The average Bonchev–Trinajstić information content (AvgIpc) is 2.95. The molecule has 2 fully saturated rings. The number of rotatable bonds is 7. The molecule has 1 saturated carbocycles. The zero-order valence-electron chi connectivity index (χ0n) is 25.3. The van der Waals surface area contributed by atoms with Gasteiger partial charge >= 0.3 is 11.9 Å². The van der Waals surface area contributed by atoms with E-state index < -0.39 is 0 Å². The van der Waals surface area contributed by atoms with Crippen molar-refractivity contribution in [2.24, 2.45) is 11.8 Å². The third-order valence-corrected chi connectivity index (χ3v) is 8.96. The van der Waals surface area contributed by atoms with Crippen molar-refractivity contribution in [1.29, 1.82) is 0 Å². The van der Waals surface area contributed by atoms with E-state index in [1.807, 2.05) is 59.5 Å². The molecule has 0 spiro atoms. The van der Waals surface area contributed by atoms with Crippen molar-refractivity contribution in [3.63, 3.8) is 0 Å². The number of nitrogens with zero attached hydrogens (tertiary/aromatic N) is 2. The van der Waals surface area contributed by atoms with Gasteiger partial charge in [-0.2, -0.15) is 0 Å². The van der Waals surface area contributed by atoms with Crippen molar-refractivity contribution in [3.05, 3.63) is 77.9 Å². The van der Waals surface area contributed by atoms with E-state index in [0.29, 0.717) is 24.3 Å². The van der Waals surface area contributed by atoms with Gasteiger partial charge in [-0.1, -0.05) is 56.3 Å². The molecule has 1 heterocycles. The molecule has 0 aromatic heterocycles. The predicted octanol–water partition coefficient (Wildman–Crippen LogP) is 5.85. The summed E-state index contributed by atoms with van der Waals surface area (Å²) < 4.78 is 11.6. The summed E-state index contributed by atoms with van der Waals surface area (Å²) in [5.74, 6) is 0.0991. The van der Waals surface area contributed by atoms with Gasteiger partial charge in [0.2, 0.25) is 0 Å². The first kappa shape index (κ1) is 29.8. The van der Waals surface area contributed by atoms with Crippen molar-refractivity contribution in [2.45, 2.75) is 64.5 Å². The normalized spacial score (nSPS) is 24.2. The highest BCUT2D eigenvalue weighted by atomic mass is 16.5. The highest BCUT2D eigenvalue weighted by molar-refractivity contribution is 5.98. The number of piperidine rings is 1. The van der Waals surface area contributed by atoms with Crippen LogP contribution in [0.15, 0.2) is 66.7 Å². The van der Waals surface area contributed by atoms with Crippen molar-refractivity contribution in [2.75, 3.05) is 26.7 Å². The monoisotopic (exact) mass is 570 g/mol. The van der Waals surface area contributed by atoms with Gasteiger partial charge in [0.1, 0.15) is 11.9 Å². The van der Waals surface area contributed by atoms with E-state index in [-0.39, 0.29) is 47.2 Å². The van der Waals surface area contributed by atoms with E-state index in [4.69, 9.17) is 9.47 Å². The van der Waals surface area contributed by atoms with Gasteiger partial charge in [0.15, 0.2) is 0 Å². The fourth-order valence-corrected chi connectivity index (χ4v) is 7.21. The second kappa shape index (κ2) is 12.3.